The van der Waals surface area contributed by atoms with Gasteiger partial charge in [-0.2, -0.15) is 0 Å². The van der Waals surface area contributed by atoms with Crippen molar-refractivity contribution < 1.29 is 14.3 Å². The highest BCUT2D eigenvalue weighted by Crippen LogP contribution is 2.34. The van der Waals surface area contributed by atoms with E-state index in [0.717, 1.165) is 18.7 Å². The van der Waals surface area contributed by atoms with Crippen molar-refractivity contribution in [3.8, 4) is 5.75 Å². The van der Waals surface area contributed by atoms with Gasteiger partial charge in [0, 0.05) is 12.6 Å². The third-order valence-electron chi connectivity index (χ3n) is 5.10. The summed E-state index contributed by atoms with van der Waals surface area (Å²) in [4.78, 5) is 11.5. The average molecular weight is 367 g/mol. The lowest BCUT2D eigenvalue weighted by molar-refractivity contribution is -0.145. The van der Waals surface area contributed by atoms with E-state index in [2.05, 4.69) is 47.8 Å². The van der Waals surface area contributed by atoms with Crippen molar-refractivity contribution in [2.75, 3.05) is 13.2 Å². The zero-order chi connectivity index (χ0) is 18.9. The van der Waals surface area contributed by atoms with Gasteiger partial charge in [-0.3, -0.25) is 0 Å². The molecule has 4 heteroatoms. The van der Waals surface area contributed by atoms with Crippen molar-refractivity contribution in [1.82, 2.24) is 5.32 Å². The van der Waals surface area contributed by atoms with Crippen LogP contribution < -0.4 is 10.1 Å². The van der Waals surface area contributed by atoms with E-state index in [4.69, 9.17) is 9.47 Å². The summed E-state index contributed by atoms with van der Waals surface area (Å²) in [5.74, 6) is 0.934. The molecule has 2 aromatic carbocycles. The highest BCUT2D eigenvalue weighted by molar-refractivity contribution is 5.71. The summed E-state index contributed by atoms with van der Waals surface area (Å²) in [6.07, 6.45) is 4.78. The van der Waals surface area contributed by atoms with Gasteiger partial charge in [0.2, 0.25) is 0 Å². The maximum atomic E-state index is 11.5. The zero-order valence-electron chi connectivity index (χ0n) is 16.0. The lowest BCUT2D eigenvalue weighted by Crippen LogP contribution is -2.33. The van der Waals surface area contributed by atoms with Crippen LogP contribution in [0.4, 0.5) is 0 Å². The van der Waals surface area contributed by atoms with Gasteiger partial charge in [0.25, 0.3) is 0 Å². The molecule has 0 heterocycles. The Morgan fingerprint density at radius 1 is 1.11 bits per heavy atom. The van der Waals surface area contributed by atoms with Gasteiger partial charge >= 0.3 is 5.97 Å². The van der Waals surface area contributed by atoms with E-state index in [0.29, 0.717) is 18.6 Å². The van der Waals surface area contributed by atoms with Crippen LogP contribution in [-0.2, 0) is 16.1 Å². The number of hydrogen-bond acceptors (Lipinski definition) is 4. The minimum absolute atomic E-state index is 0.0385. The van der Waals surface area contributed by atoms with E-state index in [1.54, 1.807) is 6.92 Å². The van der Waals surface area contributed by atoms with E-state index in [-0.39, 0.29) is 12.6 Å². The van der Waals surface area contributed by atoms with Gasteiger partial charge in [-0.25, -0.2) is 4.79 Å². The lowest BCUT2D eigenvalue weighted by Gasteiger charge is -2.30. The third-order valence-corrected chi connectivity index (χ3v) is 5.10. The summed E-state index contributed by atoms with van der Waals surface area (Å²) in [6.45, 7) is 3.05. The molecule has 0 bridgehead atoms. The molecule has 0 radical (unpaired) electrons. The smallest absolute Gasteiger partial charge is 0.344 e. The fraction of sp³-hybridized carbons (Fsp3) is 0.435. The molecule has 2 aromatic rings. The molecule has 4 nitrogen and oxygen atoms in total. The molecule has 0 spiro atoms. The van der Waals surface area contributed by atoms with Gasteiger partial charge in [0.1, 0.15) is 5.75 Å². The molecule has 1 fully saturated rings. The molecule has 0 aromatic heterocycles. The van der Waals surface area contributed by atoms with Gasteiger partial charge in [-0.1, -0.05) is 48.9 Å². The minimum Gasteiger partial charge on any atom is -0.482 e. The van der Waals surface area contributed by atoms with E-state index in [9.17, 15) is 4.79 Å². The molecule has 27 heavy (non-hydrogen) atoms. The number of carbonyl (C=O) groups is 1. The molecule has 0 saturated heterocycles. The highest BCUT2D eigenvalue weighted by atomic mass is 16.6. The third kappa shape index (κ3) is 6.10. The summed E-state index contributed by atoms with van der Waals surface area (Å²) in [5.41, 5.74) is 2.62. The van der Waals surface area contributed by atoms with Gasteiger partial charge in [0.15, 0.2) is 6.61 Å². The number of benzene rings is 2. The first-order valence-corrected chi connectivity index (χ1v) is 9.90. The Kier molecular flexibility index (Phi) is 7.28. The van der Waals surface area contributed by atoms with Gasteiger partial charge in [0.05, 0.1) is 6.61 Å². The molecule has 1 aliphatic rings. The summed E-state index contributed by atoms with van der Waals surface area (Å²) in [5, 5.41) is 3.71. The quantitative estimate of drug-likeness (QED) is 0.701. The van der Waals surface area contributed by atoms with Crippen LogP contribution in [0.2, 0.25) is 0 Å². The Morgan fingerprint density at radius 3 is 2.78 bits per heavy atom. The number of hydrogen-bond donors (Lipinski definition) is 1. The number of esters is 1. The number of nitrogens with one attached hydrogen (secondary N) is 1. The Labute approximate surface area is 161 Å². The van der Waals surface area contributed by atoms with Crippen LogP contribution in [0.25, 0.3) is 0 Å². The number of ether oxygens (including phenoxy) is 2. The number of carbonyl (C=O) groups excluding carboxylic acids is 1. The molecular formula is C23H29NO3. The van der Waals surface area contributed by atoms with Crippen molar-refractivity contribution >= 4 is 5.97 Å². The largest absolute Gasteiger partial charge is 0.482 e. The van der Waals surface area contributed by atoms with Crippen molar-refractivity contribution in [3.05, 3.63) is 65.7 Å². The second-order valence-electron chi connectivity index (χ2n) is 7.09. The molecule has 2 atom stereocenters. The lowest BCUT2D eigenvalue weighted by atomic mass is 9.81. The topological polar surface area (TPSA) is 47.6 Å². The second kappa shape index (κ2) is 10.1. The molecule has 3 rings (SSSR count). The van der Waals surface area contributed by atoms with E-state index in [1.165, 1.54) is 30.4 Å². The Hall–Kier alpha value is -2.33. The predicted molar refractivity (Wildman–Crippen MR) is 107 cm³/mol. The van der Waals surface area contributed by atoms with Crippen LogP contribution >= 0.6 is 0 Å². The summed E-state index contributed by atoms with van der Waals surface area (Å²) in [7, 11) is 0. The Balaban J connectivity index is 1.54. The molecule has 0 amide bonds. The van der Waals surface area contributed by atoms with Crippen LogP contribution in [0.1, 0.15) is 49.7 Å². The second-order valence-corrected chi connectivity index (χ2v) is 7.09. The van der Waals surface area contributed by atoms with Crippen LogP contribution in [0.15, 0.2) is 54.6 Å². The highest BCUT2D eigenvalue weighted by Gasteiger charge is 2.23. The first-order valence-electron chi connectivity index (χ1n) is 9.90. The summed E-state index contributed by atoms with van der Waals surface area (Å²) in [6, 6.07) is 19.2. The van der Waals surface area contributed by atoms with Crippen LogP contribution in [0.5, 0.6) is 5.75 Å². The molecular weight excluding hydrogens is 338 g/mol. The Bertz CT molecular complexity index is 717. The van der Waals surface area contributed by atoms with Gasteiger partial charge < -0.3 is 14.8 Å². The van der Waals surface area contributed by atoms with Crippen LogP contribution in [0.3, 0.4) is 0 Å². The minimum atomic E-state index is -0.328. The molecule has 1 N–H and O–H groups in total. The first-order chi connectivity index (χ1) is 13.2. The fourth-order valence-electron chi connectivity index (χ4n) is 3.74. The van der Waals surface area contributed by atoms with E-state index < -0.39 is 0 Å². The number of rotatable bonds is 8. The molecule has 1 saturated carbocycles. The maximum absolute atomic E-state index is 11.5. The Morgan fingerprint density at radius 2 is 1.96 bits per heavy atom. The normalized spacial score (nSPS) is 19.4. The van der Waals surface area contributed by atoms with Crippen molar-refractivity contribution in [2.24, 2.45) is 0 Å². The van der Waals surface area contributed by atoms with Crippen molar-refractivity contribution in [1.29, 1.82) is 0 Å². The van der Waals surface area contributed by atoms with E-state index in [1.807, 2.05) is 12.1 Å². The maximum Gasteiger partial charge on any atom is 0.344 e. The van der Waals surface area contributed by atoms with Crippen molar-refractivity contribution in [3.63, 3.8) is 0 Å². The average Bonchev–Trinajstić information content (AvgIpc) is 2.72. The first kappa shape index (κ1) is 19.4. The van der Waals surface area contributed by atoms with Crippen molar-refractivity contribution in [2.45, 2.75) is 51.1 Å². The SMILES string of the molecule is CCOC(=O)COc1cccc(C2CCCC(NCc3ccccc3)C2)c1. The molecule has 144 valence electrons. The van der Waals surface area contributed by atoms with Gasteiger partial charge in [-0.15, -0.1) is 0 Å². The van der Waals surface area contributed by atoms with Gasteiger partial charge in [-0.05, 0) is 55.4 Å². The monoisotopic (exact) mass is 367 g/mol. The van der Waals surface area contributed by atoms with Crippen LogP contribution in [0, 0.1) is 0 Å². The molecule has 1 aliphatic carbocycles. The summed E-state index contributed by atoms with van der Waals surface area (Å²) >= 11 is 0. The molecule has 2 unspecified atom stereocenters. The molecule has 0 aliphatic heterocycles. The predicted octanol–water partition coefficient (Wildman–Crippen LogP) is 4.44. The zero-order valence-corrected chi connectivity index (χ0v) is 16.0. The summed E-state index contributed by atoms with van der Waals surface area (Å²) < 4.78 is 10.5. The van der Waals surface area contributed by atoms with Crippen LogP contribution in [-0.4, -0.2) is 25.2 Å². The fourth-order valence-corrected chi connectivity index (χ4v) is 3.74. The standard InChI is InChI=1S/C23H29NO3/c1-2-26-23(25)17-27-22-13-7-11-20(15-22)19-10-6-12-21(14-19)24-16-18-8-4-3-5-9-18/h3-5,7-9,11,13,15,19,21,24H,2,6,10,12,14,16-17H2,1H3. The van der Waals surface area contributed by atoms with E-state index >= 15 is 0 Å².